The fourth-order valence-corrected chi connectivity index (χ4v) is 2.99. The van der Waals surface area contributed by atoms with Gasteiger partial charge >= 0.3 is 0 Å². The highest BCUT2D eigenvalue weighted by molar-refractivity contribution is 7.89. The lowest BCUT2D eigenvalue weighted by molar-refractivity contribution is 0.316. The Balaban J connectivity index is 3.07. The summed E-state index contributed by atoms with van der Waals surface area (Å²) < 4.78 is 26.5. The largest absolute Gasteiger partial charge is 0.409 e. The molecule has 0 aliphatic carbocycles. The van der Waals surface area contributed by atoms with Crippen LogP contribution in [-0.4, -0.2) is 25.5 Å². The van der Waals surface area contributed by atoms with Crippen LogP contribution in [0.5, 0.6) is 0 Å². The minimum absolute atomic E-state index is 0.186. The molecule has 0 aliphatic rings. The topological polar surface area (TPSA) is 105 Å². The zero-order chi connectivity index (χ0) is 13.9. The van der Waals surface area contributed by atoms with Crippen LogP contribution in [0.1, 0.15) is 18.1 Å². The van der Waals surface area contributed by atoms with E-state index in [2.05, 4.69) is 9.88 Å². The molecule has 1 unspecified atom stereocenters. The molecule has 6 nitrogen and oxygen atoms in total. The maximum Gasteiger partial charge on any atom is 0.241 e. The zero-order valence-electron chi connectivity index (χ0n) is 10.5. The SMILES string of the molecule is Cc1ccc(S(=O)(=O)NC(C)/C(N)=N/O)c(C)c1. The first-order valence-electron chi connectivity index (χ1n) is 5.35. The van der Waals surface area contributed by atoms with Crippen molar-refractivity contribution in [2.45, 2.75) is 31.7 Å². The first-order valence-corrected chi connectivity index (χ1v) is 6.83. The first-order chi connectivity index (χ1) is 8.27. The molecule has 0 bridgehead atoms. The Kier molecular flexibility index (Phi) is 4.31. The summed E-state index contributed by atoms with van der Waals surface area (Å²) in [5, 5.41) is 11.3. The molecule has 1 aromatic carbocycles. The third kappa shape index (κ3) is 3.21. The van der Waals surface area contributed by atoms with Gasteiger partial charge in [-0.25, -0.2) is 13.1 Å². The summed E-state index contributed by atoms with van der Waals surface area (Å²) in [7, 11) is -3.68. The van der Waals surface area contributed by atoms with Crippen molar-refractivity contribution < 1.29 is 13.6 Å². The van der Waals surface area contributed by atoms with Crippen LogP contribution in [0, 0.1) is 13.8 Å². The van der Waals surface area contributed by atoms with Gasteiger partial charge in [0.2, 0.25) is 10.0 Å². The fourth-order valence-electron chi connectivity index (χ4n) is 1.54. The zero-order valence-corrected chi connectivity index (χ0v) is 11.3. The molecule has 1 aromatic rings. The number of rotatable bonds is 4. The Morgan fingerprint density at radius 2 is 2.06 bits per heavy atom. The highest BCUT2D eigenvalue weighted by Gasteiger charge is 2.21. The van der Waals surface area contributed by atoms with E-state index in [4.69, 9.17) is 10.9 Å². The summed E-state index contributed by atoms with van der Waals surface area (Å²) >= 11 is 0. The maximum atomic E-state index is 12.1. The van der Waals surface area contributed by atoms with Gasteiger partial charge in [-0.1, -0.05) is 22.9 Å². The van der Waals surface area contributed by atoms with E-state index in [0.29, 0.717) is 5.56 Å². The van der Waals surface area contributed by atoms with Crippen LogP contribution in [0.4, 0.5) is 0 Å². The molecule has 1 rings (SSSR count). The third-order valence-electron chi connectivity index (χ3n) is 2.51. The molecule has 1 atom stereocenters. The highest BCUT2D eigenvalue weighted by atomic mass is 32.2. The van der Waals surface area contributed by atoms with Crippen molar-refractivity contribution in [2.24, 2.45) is 10.9 Å². The van der Waals surface area contributed by atoms with Crippen LogP contribution < -0.4 is 10.5 Å². The average molecular weight is 271 g/mol. The highest BCUT2D eigenvalue weighted by Crippen LogP contribution is 2.16. The summed E-state index contributed by atoms with van der Waals surface area (Å²) in [6.45, 7) is 5.10. The Labute approximate surface area is 107 Å². The molecular formula is C11H17N3O3S. The van der Waals surface area contributed by atoms with Gasteiger partial charge < -0.3 is 10.9 Å². The number of hydrogen-bond acceptors (Lipinski definition) is 4. The van der Waals surface area contributed by atoms with E-state index < -0.39 is 16.1 Å². The Hall–Kier alpha value is -1.60. The molecule has 0 aliphatic heterocycles. The molecule has 0 amide bonds. The number of nitrogens with one attached hydrogen (secondary N) is 1. The molecule has 100 valence electrons. The van der Waals surface area contributed by atoms with Crippen LogP contribution in [0.2, 0.25) is 0 Å². The molecular weight excluding hydrogens is 254 g/mol. The van der Waals surface area contributed by atoms with E-state index in [9.17, 15) is 8.42 Å². The van der Waals surface area contributed by atoms with E-state index >= 15 is 0 Å². The lowest BCUT2D eigenvalue weighted by Crippen LogP contribution is -2.42. The average Bonchev–Trinajstić information content (AvgIpc) is 2.26. The van der Waals surface area contributed by atoms with Crippen LogP contribution in [0.15, 0.2) is 28.3 Å². The van der Waals surface area contributed by atoms with Gasteiger partial charge in [0.25, 0.3) is 0 Å². The third-order valence-corrected chi connectivity index (χ3v) is 4.21. The van der Waals surface area contributed by atoms with E-state index in [1.165, 1.54) is 13.0 Å². The second kappa shape index (κ2) is 5.36. The molecule has 7 heteroatoms. The predicted molar refractivity (Wildman–Crippen MR) is 69.1 cm³/mol. The number of oxime groups is 1. The van der Waals surface area contributed by atoms with E-state index in [-0.39, 0.29) is 10.7 Å². The summed E-state index contributed by atoms with van der Waals surface area (Å²) in [6, 6.07) is 4.26. The van der Waals surface area contributed by atoms with Gasteiger partial charge in [0, 0.05) is 0 Å². The van der Waals surface area contributed by atoms with Gasteiger partial charge in [-0.2, -0.15) is 0 Å². The van der Waals surface area contributed by atoms with E-state index in [1.807, 2.05) is 6.92 Å². The monoisotopic (exact) mass is 271 g/mol. The number of nitrogens with zero attached hydrogens (tertiary/aromatic N) is 1. The minimum atomic E-state index is -3.68. The van der Waals surface area contributed by atoms with Crippen LogP contribution in [0.25, 0.3) is 0 Å². The quantitative estimate of drug-likeness (QED) is 0.325. The maximum absolute atomic E-state index is 12.1. The molecule has 0 heterocycles. The lowest BCUT2D eigenvalue weighted by Gasteiger charge is -2.14. The summed E-state index contributed by atoms with van der Waals surface area (Å²) in [5.74, 6) is -0.191. The van der Waals surface area contributed by atoms with Crippen molar-refractivity contribution in [3.63, 3.8) is 0 Å². The fraction of sp³-hybridized carbons (Fsp3) is 0.364. The predicted octanol–water partition coefficient (Wildman–Crippen LogP) is 0.717. The normalized spacial score (nSPS) is 14.5. The molecule has 0 radical (unpaired) electrons. The van der Waals surface area contributed by atoms with Gasteiger partial charge in [0.15, 0.2) is 5.84 Å². The molecule has 4 N–H and O–H groups in total. The van der Waals surface area contributed by atoms with Crippen molar-refractivity contribution in [3.8, 4) is 0 Å². The van der Waals surface area contributed by atoms with Gasteiger partial charge in [-0.15, -0.1) is 0 Å². The van der Waals surface area contributed by atoms with Crippen LogP contribution in [0.3, 0.4) is 0 Å². The lowest BCUT2D eigenvalue weighted by atomic mass is 10.2. The summed E-state index contributed by atoms with van der Waals surface area (Å²) in [5.41, 5.74) is 6.97. The molecule has 0 saturated heterocycles. The van der Waals surface area contributed by atoms with Gasteiger partial charge in [0.1, 0.15) is 0 Å². The number of benzene rings is 1. The Morgan fingerprint density at radius 1 is 1.44 bits per heavy atom. The van der Waals surface area contributed by atoms with Crippen molar-refractivity contribution in [3.05, 3.63) is 29.3 Å². The first kappa shape index (κ1) is 14.5. The second-order valence-corrected chi connectivity index (χ2v) is 5.82. The van der Waals surface area contributed by atoms with Crippen LogP contribution in [-0.2, 0) is 10.0 Å². The van der Waals surface area contributed by atoms with E-state index in [1.54, 1.807) is 19.1 Å². The van der Waals surface area contributed by atoms with Gasteiger partial charge in [0.05, 0.1) is 10.9 Å². The standard InChI is InChI=1S/C11H17N3O3S/c1-7-4-5-10(8(2)6-7)18(16,17)14-9(3)11(12)13-15/h4-6,9,14-15H,1-3H3,(H2,12,13). The number of nitrogens with two attached hydrogens (primary N) is 1. The number of hydrogen-bond donors (Lipinski definition) is 3. The Morgan fingerprint density at radius 3 is 2.56 bits per heavy atom. The van der Waals surface area contributed by atoms with Crippen molar-refractivity contribution >= 4 is 15.9 Å². The molecule has 0 aromatic heterocycles. The summed E-state index contributed by atoms with van der Waals surface area (Å²) in [6.07, 6.45) is 0. The summed E-state index contributed by atoms with van der Waals surface area (Å²) in [4.78, 5) is 0.186. The van der Waals surface area contributed by atoms with Gasteiger partial charge in [-0.05, 0) is 32.4 Å². The number of aryl methyl sites for hydroxylation is 2. The number of amidine groups is 1. The number of sulfonamides is 1. The molecule has 0 spiro atoms. The minimum Gasteiger partial charge on any atom is -0.409 e. The van der Waals surface area contributed by atoms with Gasteiger partial charge in [-0.3, -0.25) is 0 Å². The molecule has 0 saturated carbocycles. The van der Waals surface area contributed by atoms with Crippen molar-refractivity contribution in [1.29, 1.82) is 0 Å². The van der Waals surface area contributed by atoms with E-state index in [0.717, 1.165) is 5.56 Å². The van der Waals surface area contributed by atoms with Crippen molar-refractivity contribution in [1.82, 2.24) is 4.72 Å². The molecule has 0 fully saturated rings. The smallest absolute Gasteiger partial charge is 0.241 e. The van der Waals surface area contributed by atoms with Crippen LogP contribution >= 0.6 is 0 Å². The van der Waals surface area contributed by atoms with Crippen molar-refractivity contribution in [2.75, 3.05) is 0 Å². The Bertz CT molecular complexity index is 567. The molecule has 18 heavy (non-hydrogen) atoms. The second-order valence-electron chi connectivity index (χ2n) is 4.14.